The fourth-order valence-electron chi connectivity index (χ4n) is 2.31. The van der Waals surface area contributed by atoms with E-state index in [-0.39, 0.29) is 11.9 Å². The minimum atomic E-state index is -0.444. The van der Waals surface area contributed by atoms with Crippen molar-refractivity contribution in [3.8, 4) is 5.75 Å². The predicted octanol–water partition coefficient (Wildman–Crippen LogP) is 2.17. The highest BCUT2D eigenvalue weighted by atomic mass is 32.1. The highest BCUT2D eigenvalue weighted by molar-refractivity contribution is 7.10. The molecule has 2 atom stereocenters. The van der Waals surface area contributed by atoms with Crippen LogP contribution in [0.25, 0.3) is 0 Å². The molecule has 4 nitrogen and oxygen atoms in total. The molecule has 2 aromatic rings. The number of nitrogens with two attached hydrogens (primary N) is 1. The normalized spacial score (nSPS) is 22.2. The molecular formula is C14H14N2O2S. The first-order chi connectivity index (χ1) is 9.22. The molecule has 2 N–H and O–H groups in total. The van der Waals surface area contributed by atoms with Crippen LogP contribution in [0.15, 0.2) is 41.8 Å². The van der Waals surface area contributed by atoms with Gasteiger partial charge in [-0.25, -0.2) is 0 Å². The number of thiophene rings is 1. The zero-order chi connectivity index (χ0) is 13.4. The summed E-state index contributed by atoms with van der Waals surface area (Å²) in [5, 5.41) is 2.00. The van der Waals surface area contributed by atoms with Crippen molar-refractivity contribution in [2.24, 2.45) is 5.73 Å². The smallest absolute Gasteiger partial charge is 0.247 e. The maximum Gasteiger partial charge on any atom is 0.247 e. The van der Waals surface area contributed by atoms with Gasteiger partial charge >= 0.3 is 0 Å². The SMILES string of the molecule is COc1ccc(N2C(=O)[C@H](N)[C@@H]2c2cccs2)cc1. The van der Waals surface area contributed by atoms with Crippen molar-refractivity contribution in [2.75, 3.05) is 12.0 Å². The highest BCUT2D eigenvalue weighted by Crippen LogP contribution is 2.40. The predicted molar refractivity (Wildman–Crippen MR) is 75.5 cm³/mol. The molecule has 1 aromatic carbocycles. The molecular weight excluding hydrogens is 260 g/mol. The first-order valence-electron chi connectivity index (χ1n) is 5.98. The Hall–Kier alpha value is -1.85. The van der Waals surface area contributed by atoms with Gasteiger partial charge in [-0.15, -0.1) is 11.3 Å². The Kier molecular flexibility index (Phi) is 3.00. The Morgan fingerprint density at radius 2 is 2.00 bits per heavy atom. The number of rotatable bonds is 3. The van der Waals surface area contributed by atoms with Crippen molar-refractivity contribution < 1.29 is 9.53 Å². The second-order valence-corrected chi connectivity index (χ2v) is 5.37. The van der Waals surface area contributed by atoms with E-state index in [1.54, 1.807) is 23.3 Å². The minimum absolute atomic E-state index is 0.0384. The Labute approximate surface area is 115 Å². The van der Waals surface area contributed by atoms with Crippen molar-refractivity contribution in [1.29, 1.82) is 0 Å². The number of β-lactam (4-membered cyclic amide) rings is 1. The summed E-state index contributed by atoms with van der Waals surface area (Å²) in [5.41, 5.74) is 6.78. The van der Waals surface area contributed by atoms with E-state index in [1.807, 2.05) is 41.8 Å². The molecule has 0 radical (unpaired) electrons. The van der Waals surface area contributed by atoms with Crippen molar-refractivity contribution in [2.45, 2.75) is 12.1 Å². The summed E-state index contributed by atoms with van der Waals surface area (Å²) in [6.45, 7) is 0. The van der Waals surface area contributed by atoms with Crippen LogP contribution in [-0.2, 0) is 4.79 Å². The second kappa shape index (κ2) is 4.68. The van der Waals surface area contributed by atoms with Gasteiger partial charge in [0.15, 0.2) is 0 Å². The van der Waals surface area contributed by atoms with Gasteiger partial charge in [-0.2, -0.15) is 0 Å². The fraction of sp³-hybridized carbons (Fsp3) is 0.214. The van der Waals surface area contributed by atoms with Crippen LogP contribution in [0, 0.1) is 0 Å². The molecule has 1 aromatic heterocycles. The Bertz CT molecular complexity index is 580. The van der Waals surface area contributed by atoms with Crippen molar-refractivity contribution >= 4 is 22.9 Å². The van der Waals surface area contributed by atoms with Crippen molar-refractivity contribution in [1.82, 2.24) is 0 Å². The molecule has 1 fully saturated rings. The van der Waals surface area contributed by atoms with E-state index < -0.39 is 6.04 Å². The van der Waals surface area contributed by atoms with Gasteiger partial charge in [0, 0.05) is 10.6 Å². The third-order valence-corrected chi connectivity index (χ3v) is 4.27. The van der Waals surface area contributed by atoms with E-state index in [1.165, 1.54) is 0 Å². The van der Waals surface area contributed by atoms with Gasteiger partial charge in [-0.1, -0.05) is 6.07 Å². The number of hydrogen-bond donors (Lipinski definition) is 1. The van der Waals surface area contributed by atoms with E-state index in [4.69, 9.17) is 10.5 Å². The maximum atomic E-state index is 12.0. The van der Waals surface area contributed by atoms with E-state index in [0.29, 0.717) is 0 Å². The third kappa shape index (κ3) is 1.91. The standard InChI is InChI=1S/C14H14N2O2S/c1-18-10-6-4-9(5-7-10)16-13(12(15)14(16)17)11-3-2-8-19-11/h2-8,12-13H,15H2,1H3/t12-,13+/m1/s1. The van der Waals surface area contributed by atoms with E-state index >= 15 is 0 Å². The van der Waals surface area contributed by atoms with Crippen LogP contribution in [0.5, 0.6) is 5.75 Å². The molecule has 3 rings (SSSR count). The lowest BCUT2D eigenvalue weighted by molar-refractivity contribution is -0.126. The lowest BCUT2D eigenvalue weighted by Gasteiger charge is -2.44. The molecule has 1 amide bonds. The zero-order valence-corrected chi connectivity index (χ0v) is 11.3. The van der Waals surface area contributed by atoms with Crippen LogP contribution in [-0.4, -0.2) is 19.1 Å². The largest absolute Gasteiger partial charge is 0.497 e. The summed E-state index contributed by atoms with van der Waals surface area (Å²) in [4.78, 5) is 14.9. The van der Waals surface area contributed by atoms with Gasteiger partial charge in [0.1, 0.15) is 11.8 Å². The molecule has 0 aliphatic carbocycles. The number of amides is 1. The summed E-state index contributed by atoms with van der Waals surface area (Å²) < 4.78 is 5.12. The number of carbonyl (C=O) groups is 1. The topological polar surface area (TPSA) is 55.6 Å². The summed E-state index contributed by atoms with van der Waals surface area (Å²) in [6.07, 6.45) is 0. The number of benzene rings is 1. The molecule has 1 aliphatic rings. The van der Waals surface area contributed by atoms with Gasteiger partial charge in [0.2, 0.25) is 5.91 Å². The van der Waals surface area contributed by atoms with Crippen molar-refractivity contribution in [3.05, 3.63) is 46.7 Å². The van der Waals surface area contributed by atoms with Crippen LogP contribution in [0.4, 0.5) is 5.69 Å². The van der Waals surface area contributed by atoms with Gasteiger partial charge in [-0.3, -0.25) is 4.79 Å². The summed E-state index contributed by atoms with van der Waals surface area (Å²) >= 11 is 1.62. The highest BCUT2D eigenvalue weighted by Gasteiger charge is 2.47. The maximum absolute atomic E-state index is 12.0. The zero-order valence-electron chi connectivity index (χ0n) is 10.4. The van der Waals surface area contributed by atoms with Crippen molar-refractivity contribution in [3.63, 3.8) is 0 Å². The molecule has 1 aliphatic heterocycles. The van der Waals surface area contributed by atoms with Gasteiger partial charge in [0.25, 0.3) is 0 Å². The Balaban J connectivity index is 1.91. The average Bonchev–Trinajstić information content (AvgIpc) is 2.97. The lowest BCUT2D eigenvalue weighted by atomic mass is 9.93. The molecule has 19 heavy (non-hydrogen) atoms. The molecule has 5 heteroatoms. The molecule has 0 bridgehead atoms. The van der Waals surface area contributed by atoms with Crippen LogP contribution >= 0.6 is 11.3 Å². The molecule has 0 saturated carbocycles. The van der Waals surface area contributed by atoms with E-state index in [0.717, 1.165) is 16.3 Å². The fourth-order valence-corrected chi connectivity index (χ4v) is 3.17. The lowest BCUT2D eigenvalue weighted by Crippen LogP contribution is -2.63. The minimum Gasteiger partial charge on any atom is -0.497 e. The number of anilines is 1. The van der Waals surface area contributed by atoms with Crippen LogP contribution in [0.1, 0.15) is 10.9 Å². The first-order valence-corrected chi connectivity index (χ1v) is 6.86. The Morgan fingerprint density at radius 3 is 2.58 bits per heavy atom. The monoisotopic (exact) mass is 274 g/mol. The van der Waals surface area contributed by atoms with Gasteiger partial charge in [-0.05, 0) is 35.7 Å². The Morgan fingerprint density at radius 1 is 1.26 bits per heavy atom. The quantitative estimate of drug-likeness (QED) is 0.873. The summed E-state index contributed by atoms with van der Waals surface area (Å²) in [6, 6.07) is 10.9. The number of hydrogen-bond acceptors (Lipinski definition) is 4. The van der Waals surface area contributed by atoms with E-state index in [9.17, 15) is 4.79 Å². The number of nitrogens with zero attached hydrogens (tertiary/aromatic N) is 1. The van der Waals surface area contributed by atoms with Crippen LogP contribution in [0.3, 0.4) is 0 Å². The van der Waals surface area contributed by atoms with Crippen LogP contribution < -0.4 is 15.4 Å². The average molecular weight is 274 g/mol. The molecule has 98 valence electrons. The third-order valence-electron chi connectivity index (χ3n) is 3.33. The summed E-state index contributed by atoms with van der Waals surface area (Å²) in [7, 11) is 1.62. The van der Waals surface area contributed by atoms with Gasteiger partial charge in [0.05, 0.1) is 13.2 Å². The first kappa shape index (κ1) is 12.2. The molecule has 0 unspecified atom stereocenters. The number of carbonyl (C=O) groups excluding carboxylic acids is 1. The van der Waals surface area contributed by atoms with Gasteiger partial charge < -0.3 is 15.4 Å². The van der Waals surface area contributed by atoms with Crippen LogP contribution in [0.2, 0.25) is 0 Å². The van der Waals surface area contributed by atoms with E-state index in [2.05, 4.69) is 0 Å². The summed E-state index contributed by atoms with van der Waals surface area (Å²) in [5.74, 6) is 0.734. The molecule has 1 saturated heterocycles. The second-order valence-electron chi connectivity index (χ2n) is 4.39. The number of ether oxygens (including phenoxy) is 1. The number of methoxy groups -OCH3 is 1. The molecule has 2 heterocycles. The molecule has 0 spiro atoms.